The van der Waals surface area contributed by atoms with E-state index in [-0.39, 0.29) is 5.60 Å². The summed E-state index contributed by atoms with van der Waals surface area (Å²) in [5.74, 6) is 0. The Labute approximate surface area is 74.3 Å². The summed E-state index contributed by atoms with van der Waals surface area (Å²) in [6.07, 6.45) is 0.559. The molecule has 12 heavy (non-hydrogen) atoms. The molecule has 3 nitrogen and oxygen atoms in total. The minimum absolute atomic E-state index is 0.319. The number of nitrogens with zero attached hydrogens (tertiary/aromatic N) is 1. The first kappa shape index (κ1) is 11.4. The molecule has 0 bridgehead atoms. The molecule has 0 spiro atoms. The van der Waals surface area contributed by atoms with Gasteiger partial charge in [0.05, 0.1) is 11.7 Å². The second-order valence-corrected chi connectivity index (χ2v) is 3.69. The van der Waals surface area contributed by atoms with Gasteiger partial charge in [0.1, 0.15) is 0 Å². The van der Waals surface area contributed by atoms with Gasteiger partial charge in [-0.1, -0.05) is 0 Å². The van der Waals surface area contributed by atoms with Crippen molar-refractivity contribution in [3.05, 3.63) is 0 Å². The minimum atomic E-state index is -0.750. The lowest BCUT2D eigenvalue weighted by atomic mass is 9.92. The molecule has 0 N–H and O–H groups in total. The zero-order chi connectivity index (χ0) is 9.83. The molecule has 1 atom stereocenters. The Kier molecular flexibility index (Phi) is 3.69. The van der Waals surface area contributed by atoms with Crippen LogP contribution in [-0.4, -0.2) is 25.4 Å². The van der Waals surface area contributed by atoms with Crippen LogP contribution in [0.4, 0.5) is 0 Å². The number of nitriles is 1. The third-order valence-corrected chi connectivity index (χ3v) is 2.00. The molecule has 0 aromatic carbocycles. The normalized spacial score (nSPS) is 16.7. The van der Waals surface area contributed by atoms with Crippen LogP contribution in [0, 0.1) is 11.3 Å². The standard InChI is InChI=1S/C9H17NO2/c1-8(2,11-4)6-9(3,7-10)12-5/h6H2,1-5H3. The fourth-order valence-electron chi connectivity index (χ4n) is 1.04. The van der Waals surface area contributed by atoms with Gasteiger partial charge in [-0.3, -0.25) is 0 Å². The van der Waals surface area contributed by atoms with Crippen molar-refractivity contribution in [1.82, 2.24) is 0 Å². The SMILES string of the molecule is COC(C)(C)CC(C)(C#N)OC. The van der Waals surface area contributed by atoms with Crippen molar-refractivity contribution in [3.63, 3.8) is 0 Å². The van der Waals surface area contributed by atoms with E-state index in [0.717, 1.165) is 0 Å². The molecule has 0 aliphatic carbocycles. The molecular weight excluding hydrogens is 154 g/mol. The smallest absolute Gasteiger partial charge is 0.153 e. The van der Waals surface area contributed by atoms with Crippen LogP contribution < -0.4 is 0 Å². The lowest BCUT2D eigenvalue weighted by molar-refractivity contribution is -0.0524. The van der Waals surface area contributed by atoms with Gasteiger partial charge in [-0.05, 0) is 20.8 Å². The van der Waals surface area contributed by atoms with Crippen LogP contribution >= 0.6 is 0 Å². The van der Waals surface area contributed by atoms with Crippen LogP contribution in [0.2, 0.25) is 0 Å². The fourth-order valence-corrected chi connectivity index (χ4v) is 1.04. The maximum atomic E-state index is 8.81. The van der Waals surface area contributed by atoms with Gasteiger partial charge in [0, 0.05) is 20.6 Å². The van der Waals surface area contributed by atoms with Crippen LogP contribution in [0.15, 0.2) is 0 Å². The van der Waals surface area contributed by atoms with Crippen molar-refractivity contribution in [2.45, 2.75) is 38.4 Å². The predicted octanol–water partition coefficient (Wildman–Crippen LogP) is 1.73. The largest absolute Gasteiger partial charge is 0.379 e. The third kappa shape index (κ3) is 3.21. The van der Waals surface area contributed by atoms with Gasteiger partial charge < -0.3 is 9.47 Å². The summed E-state index contributed by atoms with van der Waals surface area (Å²) in [6.45, 7) is 5.62. The van der Waals surface area contributed by atoms with E-state index in [4.69, 9.17) is 14.7 Å². The lowest BCUT2D eigenvalue weighted by Gasteiger charge is -2.30. The molecule has 0 amide bonds. The van der Waals surface area contributed by atoms with Crippen LogP contribution in [-0.2, 0) is 9.47 Å². The Morgan fingerprint density at radius 1 is 1.17 bits per heavy atom. The molecule has 0 saturated heterocycles. The first-order valence-corrected chi connectivity index (χ1v) is 3.91. The van der Waals surface area contributed by atoms with E-state index in [9.17, 15) is 0 Å². The van der Waals surface area contributed by atoms with Crippen LogP contribution in [0.5, 0.6) is 0 Å². The molecule has 0 radical (unpaired) electrons. The molecule has 0 rings (SSSR count). The second kappa shape index (κ2) is 3.88. The first-order chi connectivity index (χ1) is 5.39. The monoisotopic (exact) mass is 171 g/mol. The molecule has 0 fully saturated rings. The summed E-state index contributed by atoms with van der Waals surface area (Å²) in [5, 5.41) is 8.81. The fraction of sp³-hybridized carbons (Fsp3) is 0.889. The van der Waals surface area contributed by atoms with E-state index >= 15 is 0 Å². The third-order valence-electron chi connectivity index (χ3n) is 2.00. The lowest BCUT2D eigenvalue weighted by Crippen LogP contribution is -2.37. The average Bonchev–Trinajstić information content (AvgIpc) is 2.04. The Bertz CT molecular complexity index is 183. The quantitative estimate of drug-likeness (QED) is 0.647. The number of hydrogen-bond acceptors (Lipinski definition) is 3. The minimum Gasteiger partial charge on any atom is -0.379 e. The molecular formula is C9H17NO2. The van der Waals surface area contributed by atoms with Gasteiger partial charge in [0.25, 0.3) is 0 Å². The molecule has 1 unspecified atom stereocenters. The summed E-state index contributed by atoms with van der Waals surface area (Å²) in [7, 11) is 3.17. The molecule has 3 heteroatoms. The Morgan fingerprint density at radius 2 is 1.67 bits per heavy atom. The number of ether oxygens (including phenoxy) is 2. The van der Waals surface area contributed by atoms with Crippen LogP contribution in [0.1, 0.15) is 27.2 Å². The van der Waals surface area contributed by atoms with Crippen molar-refractivity contribution in [2.75, 3.05) is 14.2 Å². The van der Waals surface area contributed by atoms with E-state index < -0.39 is 5.60 Å². The van der Waals surface area contributed by atoms with Crippen molar-refractivity contribution in [1.29, 1.82) is 5.26 Å². The highest BCUT2D eigenvalue weighted by Gasteiger charge is 2.32. The Balaban J connectivity index is 4.33. The summed E-state index contributed by atoms with van der Waals surface area (Å²) in [5.41, 5.74) is -1.07. The van der Waals surface area contributed by atoms with Gasteiger partial charge in [0.2, 0.25) is 0 Å². The summed E-state index contributed by atoms with van der Waals surface area (Å²) in [4.78, 5) is 0. The maximum absolute atomic E-state index is 8.81. The number of methoxy groups -OCH3 is 2. The molecule has 0 aromatic rings. The summed E-state index contributed by atoms with van der Waals surface area (Å²) >= 11 is 0. The first-order valence-electron chi connectivity index (χ1n) is 3.91. The van der Waals surface area contributed by atoms with Gasteiger partial charge in [-0.25, -0.2) is 0 Å². The van der Waals surface area contributed by atoms with Crippen molar-refractivity contribution < 1.29 is 9.47 Å². The molecule has 70 valence electrons. The van der Waals surface area contributed by atoms with Crippen molar-refractivity contribution >= 4 is 0 Å². The highest BCUT2D eigenvalue weighted by molar-refractivity contribution is 5.01. The van der Waals surface area contributed by atoms with Gasteiger partial charge >= 0.3 is 0 Å². The van der Waals surface area contributed by atoms with Crippen LogP contribution in [0.25, 0.3) is 0 Å². The second-order valence-electron chi connectivity index (χ2n) is 3.69. The average molecular weight is 171 g/mol. The van der Waals surface area contributed by atoms with E-state index in [0.29, 0.717) is 6.42 Å². The zero-order valence-electron chi connectivity index (χ0n) is 8.47. The van der Waals surface area contributed by atoms with Crippen LogP contribution in [0.3, 0.4) is 0 Å². The number of hydrogen-bond donors (Lipinski definition) is 0. The van der Waals surface area contributed by atoms with Gasteiger partial charge in [-0.15, -0.1) is 0 Å². The molecule has 0 aliphatic heterocycles. The zero-order valence-corrected chi connectivity index (χ0v) is 8.47. The van der Waals surface area contributed by atoms with E-state index in [1.54, 1.807) is 14.0 Å². The Hall–Kier alpha value is -0.590. The highest BCUT2D eigenvalue weighted by Crippen LogP contribution is 2.24. The number of rotatable bonds is 4. The highest BCUT2D eigenvalue weighted by atomic mass is 16.5. The topological polar surface area (TPSA) is 42.2 Å². The molecule has 0 saturated carbocycles. The van der Waals surface area contributed by atoms with Gasteiger partial charge in [0.15, 0.2) is 5.60 Å². The van der Waals surface area contributed by atoms with Crippen molar-refractivity contribution in [3.8, 4) is 6.07 Å². The summed E-state index contributed by atoms with van der Waals surface area (Å²) in [6, 6.07) is 2.12. The maximum Gasteiger partial charge on any atom is 0.153 e. The molecule has 0 heterocycles. The van der Waals surface area contributed by atoms with Gasteiger partial charge in [-0.2, -0.15) is 5.26 Å². The summed E-state index contributed by atoms with van der Waals surface area (Å²) < 4.78 is 10.3. The molecule has 0 aliphatic rings. The van der Waals surface area contributed by atoms with E-state index in [2.05, 4.69) is 6.07 Å². The Morgan fingerprint density at radius 3 is 1.92 bits per heavy atom. The van der Waals surface area contributed by atoms with E-state index in [1.807, 2.05) is 13.8 Å². The molecule has 0 aromatic heterocycles. The van der Waals surface area contributed by atoms with Crippen molar-refractivity contribution in [2.24, 2.45) is 0 Å². The van der Waals surface area contributed by atoms with E-state index in [1.165, 1.54) is 7.11 Å². The predicted molar refractivity (Wildman–Crippen MR) is 46.7 cm³/mol.